The largest absolute Gasteiger partial charge is 0.461 e. The van der Waals surface area contributed by atoms with Gasteiger partial charge in [-0.1, -0.05) is 48.0 Å². The molecule has 23 heavy (non-hydrogen) atoms. The van der Waals surface area contributed by atoms with E-state index in [2.05, 4.69) is 5.10 Å². The van der Waals surface area contributed by atoms with Crippen LogP contribution in [0.4, 0.5) is 0 Å². The maximum Gasteiger partial charge on any atom is 0.358 e. The molecule has 0 N–H and O–H groups in total. The van der Waals surface area contributed by atoms with Gasteiger partial charge < -0.3 is 4.74 Å². The summed E-state index contributed by atoms with van der Waals surface area (Å²) in [6, 6.07) is 18.8. The molecule has 1 aromatic heterocycles. The monoisotopic (exact) mass is 326 g/mol. The molecule has 3 rings (SSSR count). The lowest BCUT2D eigenvalue weighted by atomic mass is 10.1. The Bertz CT molecular complexity index is 828. The first kappa shape index (κ1) is 15.3. The third-order valence-electron chi connectivity index (χ3n) is 3.32. The molecule has 0 aliphatic carbocycles. The Balaban J connectivity index is 2.14. The van der Waals surface area contributed by atoms with E-state index in [0.29, 0.717) is 11.6 Å². The number of hydrogen-bond donors (Lipinski definition) is 0. The first-order chi connectivity index (χ1) is 11.2. The molecule has 5 heteroatoms. The van der Waals surface area contributed by atoms with Crippen LogP contribution in [0.5, 0.6) is 0 Å². The van der Waals surface area contributed by atoms with Gasteiger partial charge in [-0.2, -0.15) is 5.10 Å². The van der Waals surface area contributed by atoms with Crippen molar-refractivity contribution in [2.24, 2.45) is 0 Å². The Morgan fingerprint density at radius 3 is 2.61 bits per heavy atom. The summed E-state index contributed by atoms with van der Waals surface area (Å²) in [5.41, 5.74) is 2.81. The van der Waals surface area contributed by atoms with E-state index in [4.69, 9.17) is 16.3 Å². The summed E-state index contributed by atoms with van der Waals surface area (Å²) in [6.07, 6.45) is 0. The van der Waals surface area contributed by atoms with Crippen LogP contribution in [-0.4, -0.2) is 22.4 Å². The molecule has 0 aliphatic heterocycles. The van der Waals surface area contributed by atoms with E-state index in [1.807, 2.05) is 42.5 Å². The highest BCUT2D eigenvalue weighted by Crippen LogP contribution is 2.25. The molecule has 3 aromatic rings. The van der Waals surface area contributed by atoms with Crippen LogP contribution in [-0.2, 0) is 4.74 Å². The summed E-state index contributed by atoms with van der Waals surface area (Å²) >= 11 is 6.08. The lowest BCUT2D eigenvalue weighted by Crippen LogP contribution is -2.06. The van der Waals surface area contributed by atoms with Gasteiger partial charge in [0.1, 0.15) is 0 Å². The summed E-state index contributed by atoms with van der Waals surface area (Å²) < 4.78 is 6.75. The smallest absolute Gasteiger partial charge is 0.358 e. The molecule has 2 aromatic carbocycles. The number of ether oxygens (including phenoxy) is 1. The van der Waals surface area contributed by atoms with E-state index in [1.165, 1.54) is 0 Å². The zero-order valence-corrected chi connectivity index (χ0v) is 13.3. The molecule has 0 bridgehead atoms. The third-order valence-corrected chi connectivity index (χ3v) is 3.55. The first-order valence-corrected chi connectivity index (χ1v) is 7.65. The quantitative estimate of drug-likeness (QED) is 0.669. The molecule has 0 aliphatic rings. The van der Waals surface area contributed by atoms with Crippen molar-refractivity contribution in [1.82, 2.24) is 9.78 Å². The normalized spacial score (nSPS) is 10.5. The van der Waals surface area contributed by atoms with Gasteiger partial charge in [0.15, 0.2) is 5.69 Å². The zero-order valence-electron chi connectivity index (χ0n) is 12.6. The molecule has 4 nitrogen and oxygen atoms in total. The van der Waals surface area contributed by atoms with Gasteiger partial charge in [-0.05, 0) is 31.2 Å². The second-order valence-electron chi connectivity index (χ2n) is 4.89. The molecule has 0 unspecified atom stereocenters. The van der Waals surface area contributed by atoms with Gasteiger partial charge in [-0.25, -0.2) is 9.48 Å². The molecule has 1 heterocycles. The standard InChI is InChI=1S/C18H15ClN2O2/c1-2-23-18(22)16-12-17(13-7-4-3-5-8-13)21(20-16)15-10-6-9-14(19)11-15/h3-12H,2H2,1H3. The molecular weight excluding hydrogens is 312 g/mol. The topological polar surface area (TPSA) is 44.1 Å². The SMILES string of the molecule is CCOC(=O)c1cc(-c2ccccc2)n(-c2cccc(Cl)c2)n1. The van der Waals surface area contributed by atoms with Crippen molar-refractivity contribution < 1.29 is 9.53 Å². The maximum absolute atomic E-state index is 12.0. The molecule has 0 saturated carbocycles. The number of aromatic nitrogens is 2. The van der Waals surface area contributed by atoms with Crippen LogP contribution >= 0.6 is 11.6 Å². The van der Waals surface area contributed by atoms with Crippen LogP contribution < -0.4 is 0 Å². The number of nitrogens with zero attached hydrogens (tertiary/aromatic N) is 2. The molecule has 0 amide bonds. The zero-order chi connectivity index (χ0) is 16.2. The van der Waals surface area contributed by atoms with E-state index in [1.54, 1.807) is 29.8 Å². The second-order valence-corrected chi connectivity index (χ2v) is 5.33. The summed E-state index contributed by atoms with van der Waals surface area (Å²) in [7, 11) is 0. The van der Waals surface area contributed by atoms with Crippen molar-refractivity contribution in [1.29, 1.82) is 0 Å². The molecule has 0 saturated heterocycles. The van der Waals surface area contributed by atoms with Gasteiger partial charge in [-0.3, -0.25) is 0 Å². The Labute approximate surface area is 139 Å². The number of carbonyl (C=O) groups excluding carboxylic acids is 1. The number of rotatable bonds is 4. The minimum absolute atomic E-state index is 0.269. The van der Waals surface area contributed by atoms with Crippen molar-refractivity contribution >= 4 is 17.6 Å². The molecular formula is C18H15ClN2O2. The van der Waals surface area contributed by atoms with Crippen LogP contribution in [0.15, 0.2) is 60.7 Å². The van der Waals surface area contributed by atoms with Crippen molar-refractivity contribution in [3.63, 3.8) is 0 Å². The van der Waals surface area contributed by atoms with Crippen LogP contribution in [0.2, 0.25) is 5.02 Å². The summed E-state index contributed by atoms with van der Waals surface area (Å²) in [6.45, 7) is 2.08. The predicted molar refractivity (Wildman–Crippen MR) is 90.0 cm³/mol. The number of hydrogen-bond acceptors (Lipinski definition) is 3. The number of benzene rings is 2. The summed E-state index contributed by atoms with van der Waals surface area (Å²) in [4.78, 5) is 12.0. The third kappa shape index (κ3) is 3.27. The highest BCUT2D eigenvalue weighted by atomic mass is 35.5. The molecule has 0 spiro atoms. The van der Waals surface area contributed by atoms with E-state index in [-0.39, 0.29) is 5.69 Å². The number of halogens is 1. The Hall–Kier alpha value is -2.59. The summed E-state index contributed by atoms with van der Waals surface area (Å²) in [5.74, 6) is -0.439. The van der Waals surface area contributed by atoms with Gasteiger partial charge in [0.2, 0.25) is 0 Å². The van der Waals surface area contributed by atoms with Crippen LogP contribution in [0.3, 0.4) is 0 Å². The van der Waals surface area contributed by atoms with E-state index < -0.39 is 5.97 Å². The van der Waals surface area contributed by atoms with Gasteiger partial charge in [0.25, 0.3) is 0 Å². The molecule has 0 radical (unpaired) electrons. The Kier molecular flexibility index (Phi) is 4.44. The lowest BCUT2D eigenvalue weighted by Gasteiger charge is -2.07. The van der Waals surface area contributed by atoms with Crippen LogP contribution in [0.25, 0.3) is 16.9 Å². The van der Waals surface area contributed by atoms with Gasteiger partial charge >= 0.3 is 5.97 Å². The van der Waals surface area contributed by atoms with Crippen LogP contribution in [0.1, 0.15) is 17.4 Å². The van der Waals surface area contributed by atoms with E-state index in [0.717, 1.165) is 16.9 Å². The first-order valence-electron chi connectivity index (χ1n) is 7.27. The molecule has 0 fully saturated rings. The van der Waals surface area contributed by atoms with E-state index >= 15 is 0 Å². The highest BCUT2D eigenvalue weighted by molar-refractivity contribution is 6.30. The van der Waals surface area contributed by atoms with Crippen molar-refractivity contribution in [2.45, 2.75) is 6.92 Å². The predicted octanol–water partition coefficient (Wildman–Crippen LogP) is 4.37. The van der Waals surface area contributed by atoms with Crippen molar-refractivity contribution in [3.05, 3.63) is 71.4 Å². The molecule has 0 atom stereocenters. The minimum atomic E-state index is -0.439. The van der Waals surface area contributed by atoms with E-state index in [9.17, 15) is 4.79 Å². The Morgan fingerprint density at radius 1 is 1.13 bits per heavy atom. The average molecular weight is 327 g/mol. The fraction of sp³-hybridized carbons (Fsp3) is 0.111. The Morgan fingerprint density at radius 2 is 1.91 bits per heavy atom. The minimum Gasteiger partial charge on any atom is -0.461 e. The maximum atomic E-state index is 12.0. The van der Waals surface area contributed by atoms with Crippen molar-refractivity contribution in [2.75, 3.05) is 6.61 Å². The lowest BCUT2D eigenvalue weighted by molar-refractivity contribution is 0.0519. The molecule has 116 valence electrons. The fourth-order valence-corrected chi connectivity index (χ4v) is 2.49. The number of esters is 1. The van der Waals surface area contributed by atoms with Crippen LogP contribution in [0, 0.1) is 0 Å². The van der Waals surface area contributed by atoms with Gasteiger partial charge in [0.05, 0.1) is 18.0 Å². The summed E-state index contributed by atoms with van der Waals surface area (Å²) in [5, 5.41) is 5.01. The highest BCUT2D eigenvalue weighted by Gasteiger charge is 2.17. The average Bonchev–Trinajstić information content (AvgIpc) is 3.01. The number of carbonyl (C=O) groups is 1. The fourth-order valence-electron chi connectivity index (χ4n) is 2.31. The van der Waals surface area contributed by atoms with Crippen molar-refractivity contribution in [3.8, 4) is 16.9 Å². The second kappa shape index (κ2) is 6.67. The van der Waals surface area contributed by atoms with Gasteiger partial charge in [0, 0.05) is 10.6 Å². The van der Waals surface area contributed by atoms with Gasteiger partial charge in [-0.15, -0.1) is 0 Å².